The van der Waals surface area contributed by atoms with Gasteiger partial charge in [-0.2, -0.15) is 0 Å². The minimum absolute atomic E-state index is 0.0729. The number of carbonyl (C=O) groups excluding carboxylic acids is 1. The Morgan fingerprint density at radius 1 is 1.29 bits per heavy atom. The molecule has 1 aromatic heterocycles. The number of aryl methyl sites for hydroxylation is 1. The first-order valence-corrected chi connectivity index (χ1v) is 7.11. The lowest BCUT2D eigenvalue weighted by Gasteiger charge is -2.05. The highest BCUT2D eigenvalue weighted by molar-refractivity contribution is 7.16. The van der Waals surface area contributed by atoms with Gasteiger partial charge in [-0.15, -0.1) is 11.3 Å². The van der Waals surface area contributed by atoms with Gasteiger partial charge in [0.05, 0.1) is 12.0 Å². The molecule has 1 amide bonds. The van der Waals surface area contributed by atoms with Gasteiger partial charge in [-0.3, -0.25) is 4.79 Å². The summed E-state index contributed by atoms with van der Waals surface area (Å²) in [6.07, 6.45) is 0.0729. The predicted octanol–water partition coefficient (Wildman–Crippen LogP) is 2.95. The molecule has 0 saturated carbocycles. The number of phenols is 1. The number of carboxylic acids is 1. The Kier molecular flexibility index (Phi) is 4.28. The number of carboxylic acid groups (broad SMARTS) is 1. The molecule has 0 aliphatic carbocycles. The maximum Gasteiger partial charge on any atom is 0.338 e. The molecule has 0 fully saturated rings. The van der Waals surface area contributed by atoms with Crippen molar-refractivity contribution >= 4 is 28.2 Å². The topological polar surface area (TPSA) is 86.6 Å². The Morgan fingerprint density at radius 2 is 2.00 bits per heavy atom. The quantitative estimate of drug-likeness (QED) is 0.810. The summed E-state index contributed by atoms with van der Waals surface area (Å²) in [5, 5.41) is 21.6. The van der Waals surface area contributed by atoms with E-state index < -0.39 is 5.97 Å². The number of amides is 1. The Hall–Kier alpha value is -2.34. The van der Waals surface area contributed by atoms with E-state index in [9.17, 15) is 19.8 Å². The molecule has 21 heavy (non-hydrogen) atoms. The van der Waals surface area contributed by atoms with Gasteiger partial charge in [-0.05, 0) is 37.1 Å². The molecule has 0 bridgehead atoms. The molecule has 0 aliphatic heterocycles. The van der Waals surface area contributed by atoms with Crippen LogP contribution in [0.25, 0.3) is 0 Å². The normalized spacial score (nSPS) is 10.4. The van der Waals surface area contributed by atoms with Gasteiger partial charge in [-0.1, -0.05) is 12.1 Å². The van der Waals surface area contributed by atoms with E-state index in [-0.39, 0.29) is 23.6 Å². The van der Waals surface area contributed by atoms with Crippen molar-refractivity contribution in [2.45, 2.75) is 20.3 Å². The van der Waals surface area contributed by atoms with Crippen molar-refractivity contribution in [2.24, 2.45) is 0 Å². The molecule has 0 radical (unpaired) electrons. The summed E-state index contributed by atoms with van der Waals surface area (Å²) in [4.78, 5) is 24.1. The van der Waals surface area contributed by atoms with Crippen molar-refractivity contribution in [2.75, 3.05) is 5.32 Å². The first-order valence-electron chi connectivity index (χ1n) is 6.29. The van der Waals surface area contributed by atoms with E-state index in [0.29, 0.717) is 16.1 Å². The van der Waals surface area contributed by atoms with Crippen LogP contribution in [0.15, 0.2) is 24.3 Å². The van der Waals surface area contributed by atoms with Gasteiger partial charge in [0, 0.05) is 4.88 Å². The Balaban J connectivity index is 2.17. The van der Waals surface area contributed by atoms with Crippen LogP contribution in [-0.2, 0) is 11.2 Å². The third kappa shape index (κ3) is 3.41. The van der Waals surface area contributed by atoms with Gasteiger partial charge in [0.2, 0.25) is 5.91 Å². The molecule has 0 atom stereocenters. The second-order valence-corrected chi connectivity index (χ2v) is 5.91. The van der Waals surface area contributed by atoms with Crippen LogP contribution in [0.3, 0.4) is 0 Å². The third-order valence-electron chi connectivity index (χ3n) is 3.13. The van der Waals surface area contributed by atoms with E-state index in [1.165, 1.54) is 23.5 Å². The largest absolute Gasteiger partial charge is 0.508 e. The lowest BCUT2D eigenvalue weighted by molar-refractivity contribution is -0.115. The molecule has 5 nitrogen and oxygen atoms in total. The second kappa shape index (κ2) is 5.97. The number of carbonyl (C=O) groups is 2. The van der Waals surface area contributed by atoms with Crippen molar-refractivity contribution in [3.8, 4) is 5.75 Å². The molecule has 3 N–H and O–H groups in total. The van der Waals surface area contributed by atoms with E-state index in [1.54, 1.807) is 19.1 Å². The highest BCUT2D eigenvalue weighted by Gasteiger charge is 2.20. The van der Waals surface area contributed by atoms with E-state index in [1.807, 2.05) is 6.92 Å². The monoisotopic (exact) mass is 305 g/mol. The van der Waals surface area contributed by atoms with Gasteiger partial charge in [0.15, 0.2) is 0 Å². The van der Waals surface area contributed by atoms with Crippen molar-refractivity contribution < 1.29 is 19.8 Å². The fraction of sp³-hybridized carbons (Fsp3) is 0.200. The predicted molar refractivity (Wildman–Crippen MR) is 81.2 cm³/mol. The molecule has 2 rings (SSSR count). The number of nitrogens with one attached hydrogen (secondary N) is 1. The zero-order valence-corrected chi connectivity index (χ0v) is 12.5. The summed E-state index contributed by atoms with van der Waals surface area (Å²) in [6, 6.07) is 6.40. The Labute approximate surface area is 125 Å². The summed E-state index contributed by atoms with van der Waals surface area (Å²) >= 11 is 1.25. The fourth-order valence-corrected chi connectivity index (χ4v) is 3.06. The van der Waals surface area contributed by atoms with E-state index in [4.69, 9.17) is 0 Å². The zero-order chi connectivity index (χ0) is 15.6. The number of phenolic OH excluding ortho intramolecular Hbond substituents is 1. The molecule has 0 spiro atoms. The number of aromatic carboxylic acids is 1. The number of hydrogen-bond acceptors (Lipinski definition) is 4. The van der Waals surface area contributed by atoms with Crippen molar-refractivity contribution in [3.63, 3.8) is 0 Å². The molecule has 1 aromatic carbocycles. The fourth-order valence-electron chi connectivity index (χ4n) is 2.00. The SMILES string of the molecule is Cc1sc(NC(=O)Cc2cccc(O)c2)c(C(=O)O)c1C. The van der Waals surface area contributed by atoms with Crippen LogP contribution >= 0.6 is 11.3 Å². The Bertz CT molecular complexity index is 706. The average Bonchev–Trinajstić information content (AvgIpc) is 2.64. The second-order valence-electron chi connectivity index (χ2n) is 4.69. The van der Waals surface area contributed by atoms with Crippen LogP contribution in [0.4, 0.5) is 5.00 Å². The number of anilines is 1. The summed E-state index contributed by atoms with van der Waals surface area (Å²) in [5.41, 5.74) is 1.47. The van der Waals surface area contributed by atoms with Crippen molar-refractivity contribution in [3.05, 3.63) is 45.8 Å². The standard InChI is InChI=1S/C15H15NO4S/c1-8-9(2)21-14(13(8)15(19)20)16-12(18)7-10-4-3-5-11(17)6-10/h3-6,17H,7H2,1-2H3,(H,16,18)(H,19,20). The van der Waals surface area contributed by atoms with E-state index in [2.05, 4.69) is 5.32 Å². The molecule has 1 heterocycles. The van der Waals surface area contributed by atoms with Crippen LogP contribution in [0.5, 0.6) is 5.75 Å². The zero-order valence-electron chi connectivity index (χ0n) is 11.6. The first kappa shape index (κ1) is 15.1. The van der Waals surface area contributed by atoms with Crippen LogP contribution in [0.2, 0.25) is 0 Å². The van der Waals surface area contributed by atoms with Crippen LogP contribution in [-0.4, -0.2) is 22.1 Å². The molecule has 0 unspecified atom stereocenters. The van der Waals surface area contributed by atoms with E-state index in [0.717, 1.165) is 4.88 Å². The highest BCUT2D eigenvalue weighted by atomic mass is 32.1. The maximum absolute atomic E-state index is 12.0. The van der Waals surface area contributed by atoms with Gasteiger partial charge in [0.1, 0.15) is 10.8 Å². The molecule has 6 heteroatoms. The first-order chi connectivity index (χ1) is 9.88. The molecule has 0 aliphatic rings. The third-order valence-corrected chi connectivity index (χ3v) is 4.25. The molecule has 110 valence electrons. The molecular formula is C15H15NO4S. The van der Waals surface area contributed by atoms with Gasteiger partial charge in [0.25, 0.3) is 0 Å². The number of hydrogen-bond donors (Lipinski definition) is 3. The summed E-state index contributed by atoms with van der Waals surface area (Å²) in [6.45, 7) is 3.54. The lowest BCUT2D eigenvalue weighted by atomic mass is 10.1. The van der Waals surface area contributed by atoms with Crippen molar-refractivity contribution in [1.29, 1.82) is 0 Å². The van der Waals surface area contributed by atoms with E-state index >= 15 is 0 Å². The van der Waals surface area contributed by atoms with Gasteiger partial charge < -0.3 is 15.5 Å². The average molecular weight is 305 g/mol. The van der Waals surface area contributed by atoms with Crippen LogP contribution in [0.1, 0.15) is 26.4 Å². The summed E-state index contributed by atoms with van der Waals surface area (Å²) < 4.78 is 0. The number of rotatable bonds is 4. The maximum atomic E-state index is 12.0. The van der Waals surface area contributed by atoms with Crippen LogP contribution < -0.4 is 5.32 Å². The number of aromatic hydroxyl groups is 1. The van der Waals surface area contributed by atoms with Crippen molar-refractivity contribution in [1.82, 2.24) is 0 Å². The smallest absolute Gasteiger partial charge is 0.338 e. The van der Waals surface area contributed by atoms with Crippen LogP contribution in [0, 0.1) is 13.8 Å². The minimum Gasteiger partial charge on any atom is -0.508 e. The van der Waals surface area contributed by atoms with Gasteiger partial charge >= 0.3 is 5.97 Å². The number of thiophene rings is 1. The molecule has 0 saturated heterocycles. The Morgan fingerprint density at radius 3 is 2.62 bits per heavy atom. The summed E-state index contributed by atoms with van der Waals surface area (Å²) in [5.74, 6) is -1.27. The number of benzene rings is 1. The highest BCUT2D eigenvalue weighted by Crippen LogP contribution is 2.32. The van der Waals surface area contributed by atoms with Gasteiger partial charge in [-0.25, -0.2) is 4.79 Å². The molecular weight excluding hydrogens is 290 g/mol. The minimum atomic E-state index is -1.05. The lowest BCUT2D eigenvalue weighted by Crippen LogP contribution is -2.15. The molecule has 2 aromatic rings. The summed E-state index contributed by atoms with van der Waals surface area (Å²) in [7, 11) is 0.